The van der Waals surface area contributed by atoms with Crippen molar-refractivity contribution in [3.63, 3.8) is 0 Å². The van der Waals surface area contributed by atoms with Crippen LogP contribution in [0.5, 0.6) is 0 Å². The molecule has 2 aliphatic rings. The van der Waals surface area contributed by atoms with Crippen LogP contribution in [-0.4, -0.2) is 44.9 Å². The third-order valence-corrected chi connectivity index (χ3v) is 7.76. The number of carbonyl (C=O) groups is 1. The molecule has 4 heterocycles. The largest absolute Gasteiger partial charge is 0.381 e. The molecule has 0 saturated carbocycles. The van der Waals surface area contributed by atoms with Gasteiger partial charge in [-0.25, -0.2) is 4.98 Å². The first kappa shape index (κ1) is 22.6. The summed E-state index contributed by atoms with van der Waals surface area (Å²) in [6.45, 7) is 4.31. The normalized spacial score (nSPS) is 16.7. The molecule has 2 aromatic heterocycles. The van der Waals surface area contributed by atoms with Crippen LogP contribution in [0, 0.1) is 6.92 Å². The minimum Gasteiger partial charge on any atom is -0.381 e. The zero-order chi connectivity index (χ0) is 24.3. The summed E-state index contributed by atoms with van der Waals surface area (Å²) in [5.74, 6) is 1.02. The third kappa shape index (κ3) is 3.82. The third-order valence-electron chi connectivity index (χ3n) is 7.20. The first-order chi connectivity index (χ1) is 16.9. The highest BCUT2D eigenvalue weighted by atomic mass is 35.5. The van der Waals surface area contributed by atoms with Gasteiger partial charge in [0.25, 0.3) is 11.5 Å². The molecule has 4 aromatic rings. The highest BCUT2D eigenvalue weighted by Gasteiger charge is 2.26. The van der Waals surface area contributed by atoms with Gasteiger partial charge in [-0.15, -0.1) is 0 Å². The van der Waals surface area contributed by atoms with Crippen molar-refractivity contribution in [2.24, 2.45) is 0 Å². The van der Waals surface area contributed by atoms with Crippen LogP contribution in [0.15, 0.2) is 35.3 Å². The van der Waals surface area contributed by atoms with Crippen molar-refractivity contribution in [3.05, 3.63) is 78.9 Å². The van der Waals surface area contributed by atoms with Crippen molar-refractivity contribution in [1.29, 1.82) is 0 Å². The lowest BCUT2D eigenvalue weighted by Crippen LogP contribution is -2.36. The topological polar surface area (TPSA) is 79.7 Å². The van der Waals surface area contributed by atoms with Crippen LogP contribution in [0.3, 0.4) is 0 Å². The Bertz CT molecular complexity index is 1550. The maximum Gasteiger partial charge on any atom is 0.274 e. The van der Waals surface area contributed by atoms with Crippen LogP contribution in [0.25, 0.3) is 16.6 Å². The molecule has 9 heteroatoms. The van der Waals surface area contributed by atoms with Gasteiger partial charge in [-0.3, -0.25) is 14.0 Å². The van der Waals surface area contributed by atoms with E-state index in [0.717, 1.165) is 40.9 Å². The number of amides is 1. The zero-order valence-corrected chi connectivity index (χ0v) is 20.7. The first-order valence-electron chi connectivity index (χ1n) is 11.8. The number of benzene rings is 2. The summed E-state index contributed by atoms with van der Waals surface area (Å²) >= 11 is 12.6. The predicted octanol–water partition coefficient (Wildman–Crippen LogP) is 4.88. The summed E-state index contributed by atoms with van der Waals surface area (Å²) in [7, 11) is 0. The Kier molecular flexibility index (Phi) is 5.59. The molecule has 7 nitrogen and oxygen atoms in total. The van der Waals surface area contributed by atoms with Gasteiger partial charge in [0.1, 0.15) is 11.3 Å². The van der Waals surface area contributed by atoms with Gasteiger partial charge in [0.15, 0.2) is 0 Å². The minimum atomic E-state index is -0.221. The first-order valence-corrected chi connectivity index (χ1v) is 12.5. The van der Waals surface area contributed by atoms with E-state index in [4.69, 9.17) is 27.9 Å². The van der Waals surface area contributed by atoms with Gasteiger partial charge in [-0.05, 0) is 67.1 Å². The lowest BCUT2D eigenvalue weighted by Gasteiger charge is -2.30. The molecule has 0 radical (unpaired) electrons. The molecule has 2 aliphatic heterocycles. The molecular weight excluding hydrogens is 487 g/mol. The maximum atomic E-state index is 13.6. The SMILES string of the molecule is Cc1cc2c(cc1C(=O)N1CCc3c(Cl)cc(Cl)cc3C1)[nH]c(=O)c1cnc(C3CCOCC3)n12. The molecule has 6 rings (SSSR count). The minimum absolute atomic E-state index is 0.0811. The van der Waals surface area contributed by atoms with Crippen LogP contribution in [-0.2, 0) is 17.7 Å². The molecule has 0 unspecified atom stereocenters. The second kappa shape index (κ2) is 8.66. The van der Waals surface area contributed by atoms with Gasteiger partial charge in [0.2, 0.25) is 0 Å². The lowest BCUT2D eigenvalue weighted by molar-refractivity contribution is 0.0734. The Morgan fingerprint density at radius 1 is 1.14 bits per heavy atom. The molecular formula is C26H24Cl2N4O3. The average molecular weight is 511 g/mol. The van der Waals surface area contributed by atoms with E-state index in [1.165, 1.54) is 0 Å². The monoisotopic (exact) mass is 510 g/mol. The number of ether oxygens (including phenoxy) is 1. The molecule has 1 fully saturated rings. The number of halogens is 2. The number of H-pyrrole nitrogens is 1. The van der Waals surface area contributed by atoms with Crippen molar-refractivity contribution >= 4 is 45.7 Å². The van der Waals surface area contributed by atoms with Crippen LogP contribution in [0.2, 0.25) is 10.0 Å². The molecule has 1 amide bonds. The zero-order valence-electron chi connectivity index (χ0n) is 19.2. The Morgan fingerprint density at radius 3 is 2.74 bits per heavy atom. The number of nitrogens with one attached hydrogen (secondary N) is 1. The fourth-order valence-electron chi connectivity index (χ4n) is 5.37. The molecule has 0 bridgehead atoms. The fourth-order valence-corrected chi connectivity index (χ4v) is 6.00. The van der Waals surface area contributed by atoms with Crippen LogP contribution in [0.1, 0.15) is 51.6 Å². The van der Waals surface area contributed by atoms with E-state index in [9.17, 15) is 9.59 Å². The predicted molar refractivity (Wildman–Crippen MR) is 136 cm³/mol. The van der Waals surface area contributed by atoms with Gasteiger partial charge in [0.05, 0.1) is 17.2 Å². The molecule has 0 spiro atoms. The Morgan fingerprint density at radius 2 is 1.94 bits per heavy atom. The highest BCUT2D eigenvalue weighted by Crippen LogP contribution is 2.32. The van der Waals surface area contributed by atoms with E-state index >= 15 is 0 Å². The summed E-state index contributed by atoms with van der Waals surface area (Å²) < 4.78 is 7.46. The summed E-state index contributed by atoms with van der Waals surface area (Å²) in [5.41, 5.74) is 5.18. The molecule has 0 atom stereocenters. The van der Waals surface area contributed by atoms with Gasteiger partial charge >= 0.3 is 0 Å². The second-order valence-electron chi connectivity index (χ2n) is 9.36. The molecule has 2 aromatic carbocycles. The van der Waals surface area contributed by atoms with E-state index in [-0.39, 0.29) is 17.4 Å². The van der Waals surface area contributed by atoms with Crippen molar-refractivity contribution < 1.29 is 9.53 Å². The summed E-state index contributed by atoms with van der Waals surface area (Å²) in [6, 6.07) is 7.39. The Labute approximate surface area is 211 Å². The number of fused-ring (bicyclic) bond motifs is 4. The van der Waals surface area contributed by atoms with E-state index in [2.05, 4.69) is 9.97 Å². The number of hydrogen-bond donors (Lipinski definition) is 1. The molecule has 1 saturated heterocycles. The quantitative estimate of drug-likeness (QED) is 0.416. The number of rotatable bonds is 2. The Balaban J connectivity index is 1.42. The number of nitrogens with zero attached hydrogens (tertiary/aromatic N) is 3. The van der Waals surface area contributed by atoms with Crippen molar-refractivity contribution in [2.75, 3.05) is 19.8 Å². The van der Waals surface area contributed by atoms with Crippen LogP contribution in [0.4, 0.5) is 0 Å². The maximum absolute atomic E-state index is 13.6. The number of aromatic amines is 1. The van der Waals surface area contributed by atoms with E-state index in [1.54, 1.807) is 18.3 Å². The molecule has 1 N–H and O–H groups in total. The van der Waals surface area contributed by atoms with E-state index in [1.807, 2.05) is 28.4 Å². The van der Waals surface area contributed by atoms with Crippen molar-refractivity contribution in [2.45, 2.75) is 38.6 Å². The molecule has 0 aliphatic carbocycles. The van der Waals surface area contributed by atoms with Crippen molar-refractivity contribution in [1.82, 2.24) is 19.3 Å². The summed E-state index contributed by atoms with van der Waals surface area (Å²) in [5, 5.41) is 1.20. The standard InChI is InChI=1S/C26H24Cl2N4O3/c1-14-8-22-21(30-25(33)23-12-29-24(32(22)23)15-3-6-35-7-4-15)11-19(14)26(34)31-5-2-18-16(13-31)9-17(27)10-20(18)28/h8-12,15H,2-7,13H2,1H3,(H,30,33). The highest BCUT2D eigenvalue weighted by molar-refractivity contribution is 6.35. The van der Waals surface area contributed by atoms with E-state index in [0.29, 0.717) is 59.4 Å². The van der Waals surface area contributed by atoms with E-state index < -0.39 is 0 Å². The van der Waals surface area contributed by atoms with Crippen molar-refractivity contribution in [3.8, 4) is 0 Å². The van der Waals surface area contributed by atoms with Gasteiger partial charge in [-0.2, -0.15) is 0 Å². The summed E-state index contributed by atoms with van der Waals surface area (Å²) in [4.78, 5) is 35.9. The number of imidazole rings is 1. The Hall–Kier alpha value is -2.87. The van der Waals surface area contributed by atoms with Gasteiger partial charge < -0.3 is 14.6 Å². The number of aromatic nitrogens is 3. The lowest BCUT2D eigenvalue weighted by atomic mass is 9.98. The number of carbonyl (C=O) groups excluding carboxylic acids is 1. The molecule has 180 valence electrons. The molecule has 35 heavy (non-hydrogen) atoms. The average Bonchev–Trinajstić information content (AvgIpc) is 3.30. The summed E-state index contributed by atoms with van der Waals surface area (Å²) in [6.07, 6.45) is 4.05. The van der Waals surface area contributed by atoms with Crippen LogP contribution < -0.4 is 5.56 Å². The second-order valence-corrected chi connectivity index (χ2v) is 10.2. The smallest absolute Gasteiger partial charge is 0.274 e. The number of hydrogen-bond acceptors (Lipinski definition) is 4. The van der Waals surface area contributed by atoms with Gasteiger partial charge in [0, 0.05) is 47.8 Å². The van der Waals surface area contributed by atoms with Gasteiger partial charge in [-0.1, -0.05) is 23.2 Å². The van der Waals surface area contributed by atoms with Crippen LogP contribution >= 0.6 is 23.2 Å². The fraction of sp³-hybridized carbons (Fsp3) is 0.346. The number of aryl methyl sites for hydroxylation is 1.